The van der Waals surface area contributed by atoms with E-state index in [0.29, 0.717) is 9.46 Å². The zero-order valence-corrected chi connectivity index (χ0v) is 19.0. The van der Waals surface area contributed by atoms with E-state index in [1.54, 1.807) is 12.1 Å². The highest BCUT2D eigenvalue weighted by atomic mass is 16.5. The molecule has 0 radical (unpaired) electrons. The number of methoxy groups -OCH3 is 2. The van der Waals surface area contributed by atoms with Crippen LogP contribution in [-0.4, -0.2) is 50.7 Å². The summed E-state index contributed by atoms with van der Waals surface area (Å²) in [5.74, 6) is -1.63. The Kier molecular flexibility index (Phi) is 7.19. The van der Waals surface area contributed by atoms with Crippen LogP contribution in [0.3, 0.4) is 0 Å². The lowest BCUT2D eigenvalue weighted by Gasteiger charge is -2.17. The summed E-state index contributed by atoms with van der Waals surface area (Å²) in [4.78, 5) is 35.9. The maximum absolute atomic E-state index is 13.1. The van der Waals surface area contributed by atoms with Crippen LogP contribution in [0.15, 0.2) is 36.4 Å². The predicted octanol–water partition coefficient (Wildman–Crippen LogP) is -0.170. The van der Waals surface area contributed by atoms with Gasteiger partial charge >= 0.3 is 17.0 Å². The lowest BCUT2D eigenvalue weighted by molar-refractivity contribution is -0.591. The molecule has 1 heterocycles. The van der Waals surface area contributed by atoms with Gasteiger partial charge in [0.25, 0.3) is 16.9 Å². The van der Waals surface area contributed by atoms with E-state index in [2.05, 4.69) is 15.4 Å². The van der Waals surface area contributed by atoms with Crippen LogP contribution in [0.4, 0.5) is 0 Å². The van der Waals surface area contributed by atoms with Crippen molar-refractivity contribution >= 4 is 39.9 Å². The van der Waals surface area contributed by atoms with Gasteiger partial charge in [-0.1, -0.05) is 12.1 Å². The van der Waals surface area contributed by atoms with Crippen LogP contribution in [0.5, 0.6) is 11.5 Å². The Hall–Kier alpha value is -4.35. The number of benzene rings is 2. The molecule has 1 aromatic heterocycles. The van der Waals surface area contributed by atoms with Gasteiger partial charge in [0.2, 0.25) is 5.91 Å². The third-order valence-corrected chi connectivity index (χ3v) is 5.06. The van der Waals surface area contributed by atoms with Crippen LogP contribution in [-0.2, 0) is 19.1 Å². The van der Waals surface area contributed by atoms with Gasteiger partial charge in [0, 0.05) is 12.1 Å². The van der Waals surface area contributed by atoms with E-state index in [4.69, 9.17) is 9.47 Å². The number of amides is 2. The molecule has 0 spiro atoms. The molecule has 2 amide bonds. The summed E-state index contributed by atoms with van der Waals surface area (Å²) < 4.78 is 16.4. The summed E-state index contributed by atoms with van der Waals surface area (Å²) >= 11 is 0. The topological polar surface area (TPSA) is 157 Å². The van der Waals surface area contributed by atoms with Gasteiger partial charge < -0.3 is 35.3 Å². The number of rotatable bonds is 8. The number of hydrogen-bond donors (Lipinski definition) is 2. The molecular weight excluding hydrogens is 448 g/mol. The Labute approximate surface area is 194 Å². The number of carbonyl (C=O) groups excluding carboxylic acids is 3. The highest BCUT2D eigenvalue weighted by Crippen LogP contribution is 2.26. The minimum atomic E-state index is -0.972. The first-order valence-electron chi connectivity index (χ1n) is 10.2. The van der Waals surface area contributed by atoms with Crippen molar-refractivity contribution in [3.05, 3.63) is 46.8 Å². The van der Waals surface area contributed by atoms with Crippen LogP contribution >= 0.6 is 0 Å². The average Bonchev–Trinajstić information content (AvgIpc) is 2.84. The molecular formula is C22H24N4O8. The van der Waals surface area contributed by atoms with Crippen molar-refractivity contribution in [2.24, 2.45) is 0 Å². The Morgan fingerprint density at radius 2 is 1.44 bits per heavy atom. The molecule has 3 aromatic rings. The van der Waals surface area contributed by atoms with Crippen LogP contribution in [0.25, 0.3) is 22.1 Å². The molecule has 34 heavy (non-hydrogen) atoms. The number of nitrogens with one attached hydrogen (secondary N) is 2. The first-order valence-corrected chi connectivity index (χ1v) is 10.2. The number of ether oxygens (including phenoxy) is 3. The molecule has 0 aliphatic rings. The zero-order chi connectivity index (χ0) is 25.0. The minimum Gasteiger partial charge on any atom is -0.617 e. The highest BCUT2D eigenvalue weighted by Gasteiger charge is 2.28. The fourth-order valence-corrected chi connectivity index (χ4v) is 3.35. The number of para-hydroxylation sites is 2. The van der Waals surface area contributed by atoms with Crippen molar-refractivity contribution in [2.75, 3.05) is 20.8 Å². The molecule has 0 saturated carbocycles. The van der Waals surface area contributed by atoms with Gasteiger partial charge in [-0.05, 0) is 26.0 Å². The van der Waals surface area contributed by atoms with E-state index in [-0.39, 0.29) is 33.6 Å². The Morgan fingerprint density at radius 3 is 2.00 bits per heavy atom. The number of esters is 1. The molecule has 12 nitrogen and oxygen atoms in total. The highest BCUT2D eigenvalue weighted by molar-refractivity contribution is 5.91. The van der Waals surface area contributed by atoms with Crippen molar-refractivity contribution in [2.45, 2.75) is 25.9 Å². The molecule has 12 heteroatoms. The molecule has 180 valence electrons. The molecule has 2 N–H and O–H groups in total. The number of carbonyl (C=O) groups is 3. The fourth-order valence-electron chi connectivity index (χ4n) is 3.35. The normalized spacial score (nSPS) is 12.6. The van der Waals surface area contributed by atoms with Gasteiger partial charge in [-0.25, -0.2) is 4.79 Å². The fraction of sp³-hybridized carbons (Fsp3) is 0.318. The van der Waals surface area contributed by atoms with Gasteiger partial charge in [-0.2, -0.15) is 9.46 Å². The standard InChI is InChI=1S/C22H24N4O8/c1-12(21(28)24-13(2)22(29)33-4)23-18(27)11-34-17-10-6-8-15-20(17)26(31)14-7-5-9-16(32-3)19(14)25(15)30/h5-10,12-13H,11H2,1-4H3,(H,23,27)(H,24,28). The maximum Gasteiger partial charge on any atom is 0.332 e. The molecule has 0 aliphatic heterocycles. The SMILES string of the molecule is COC(=O)C(C)NC(=O)C(C)NC(=O)COc1cccc2c1[n+]([O-])c1cccc(OC)c1[n+]2[O-]. The van der Waals surface area contributed by atoms with E-state index >= 15 is 0 Å². The number of nitrogens with zero attached hydrogens (tertiary/aromatic N) is 2. The summed E-state index contributed by atoms with van der Waals surface area (Å²) in [5, 5.41) is 30.9. The largest absolute Gasteiger partial charge is 0.617 e. The molecule has 2 unspecified atom stereocenters. The van der Waals surface area contributed by atoms with Crippen molar-refractivity contribution in [1.82, 2.24) is 10.6 Å². The summed E-state index contributed by atoms with van der Waals surface area (Å²) in [7, 11) is 2.59. The predicted molar refractivity (Wildman–Crippen MR) is 119 cm³/mol. The average molecular weight is 472 g/mol. The lowest BCUT2D eigenvalue weighted by atomic mass is 10.2. The minimum absolute atomic E-state index is 0.00777. The second-order valence-corrected chi connectivity index (χ2v) is 7.37. The number of fused-ring (bicyclic) bond motifs is 2. The molecule has 0 aliphatic carbocycles. The van der Waals surface area contributed by atoms with Gasteiger partial charge in [0.1, 0.15) is 12.1 Å². The molecule has 3 rings (SSSR count). The van der Waals surface area contributed by atoms with Crippen LogP contribution in [0.1, 0.15) is 13.8 Å². The van der Waals surface area contributed by atoms with Gasteiger partial charge in [0.15, 0.2) is 18.1 Å². The third-order valence-electron chi connectivity index (χ3n) is 5.06. The third kappa shape index (κ3) is 4.70. The molecule has 0 fully saturated rings. The van der Waals surface area contributed by atoms with Crippen molar-refractivity contribution in [1.29, 1.82) is 0 Å². The van der Waals surface area contributed by atoms with Crippen LogP contribution < -0.4 is 29.6 Å². The van der Waals surface area contributed by atoms with Crippen LogP contribution in [0.2, 0.25) is 0 Å². The monoisotopic (exact) mass is 472 g/mol. The number of aromatic nitrogens is 2. The van der Waals surface area contributed by atoms with E-state index in [1.807, 2.05) is 0 Å². The van der Waals surface area contributed by atoms with Crippen molar-refractivity contribution in [3.63, 3.8) is 0 Å². The summed E-state index contributed by atoms with van der Waals surface area (Å²) in [6.07, 6.45) is 0. The van der Waals surface area contributed by atoms with E-state index in [9.17, 15) is 24.8 Å². The van der Waals surface area contributed by atoms with Crippen molar-refractivity contribution in [3.8, 4) is 11.5 Å². The smallest absolute Gasteiger partial charge is 0.332 e. The maximum atomic E-state index is 13.1. The quantitative estimate of drug-likeness (QED) is 0.198. The van der Waals surface area contributed by atoms with Crippen molar-refractivity contribution < 1.29 is 38.1 Å². The summed E-state index contributed by atoms with van der Waals surface area (Å²) in [6, 6.07) is 7.16. The van der Waals surface area contributed by atoms with Gasteiger partial charge in [0.05, 0.1) is 14.2 Å². The molecule has 0 saturated heterocycles. The van der Waals surface area contributed by atoms with Gasteiger partial charge in [-0.15, -0.1) is 0 Å². The Balaban J connectivity index is 1.79. The Bertz CT molecular complexity index is 1260. The first kappa shape index (κ1) is 24.3. The second-order valence-electron chi connectivity index (χ2n) is 7.37. The van der Waals surface area contributed by atoms with E-state index < -0.39 is 36.5 Å². The first-order chi connectivity index (χ1) is 16.2. The Morgan fingerprint density at radius 1 is 0.882 bits per heavy atom. The second kappa shape index (κ2) is 10.1. The number of hydrogen-bond acceptors (Lipinski definition) is 8. The van der Waals surface area contributed by atoms with Gasteiger partial charge in [-0.3, -0.25) is 9.59 Å². The summed E-state index contributed by atoms with van der Waals surface area (Å²) in [6.45, 7) is 2.35. The van der Waals surface area contributed by atoms with E-state index in [1.165, 1.54) is 52.3 Å². The molecule has 2 atom stereocenters. The van der Waals surface area contributed by atoms with Crippen LogP contribution in [0, 0.1) is 10.4 Å². The zero-order valence-electron chi connectivity index (χ0n) is 19.0. The van der Waals surface area contributed by atoms with E-state index in [0.717, 1.165) is 0 Å². The molecule has 2 aromatic carbocycles. The lowest BCUT2D eigenvalue weighted by Crippen LogP contribution is -2.50. The molecule has 0 bridgehead atoms. The summed E-state index contributed by atoms with van der Waals surface area (Å²) in [5.41, 5.74) is 0.0778.